The van der Waals surface area contributed by atoms with Gasteiger partial charge in [-0.05, 0) is 48.9 Å². The first-order valence-electron chi connectivity index (χ1n) is 9.20. The summed E-state index contributed by atoms with van der Waals surface area (Å²) in [5, 5.41) is 13.6. The van der Waals surface area contributed by atoms with Gasteiger partial charge in [0.2, 0.25) is 0 Å². The van der Waals surface area contributed by atoms with Crippen LogP contribution in [-0.4, -0.2) is 28.4 Å². The number of hydrogen-bond acceptors (Lipinski definition) is 6. The Labute approximate surface area is 182 Å². The van der Waals surface area contributed by atoms with Gasteiger partial charge in [0.25, 0.3) is 5.78 Å². The maximum Gasteiger partial charge on any atom is 0.301 e. The second-order valence-electron chi connectivity index (χ2n) is 6.50. The molecule has 0 radical (unpaired) electrons. The Balaban J connectivity index is 1.92. The zero-order chi connectivity index (χ0) is 21.3. The fourth-order valence-corrected chi connectivity index (χ4v) is 4.18. The summed E-state index contributed by atoms with van der Waals surface area (Å²) in [5.74, 6) is -1.18. The Morgan fingerprint density at radius 3 is 2.67 bits per heavy atom. The third-order valence-corrected chi connectivity index (χ3v) is 5.69. The van der Waals surface area contributed by atoms with Crippen LogP contribution in [0.25, 0.3) is 5.76 Å². The predicted molar refractivity (Wildman–Crippen MR) is 116 cm³/mol. The van der Waals surface area contributed by atoms with Gasteiger partial charge in [-0.1, -0.05) is 23.7 Å². The summed E-state index contributed by atoms with van der Waals surface area (Å²) in [7, 11) is 0. The lowest BCUT2D eigenvalue weighted by atomic mass is 9.95. The molecule has 1 aliphatic heterocycles. The number of anilines is 1. The van der Waals surface area contributed by atoms with E-state index in [1.54, 1.807) is 60.1 Å². The summed E-state index contributed by atoms with van der Waals surface area (Å²) >= 11 is 7.18. The molecule has 4 rings (SSSR count). The van der Waals surface area contributed by atoms with Crippen LogP contribution in [0, 0.1) is 0 Å². The average Bonchev–Trinajstić information content (AvgIpc) is 3.36. The lowest BCUT2D eigenvalue weighted by Crippen LogP contribution is -2.29. The van der Waals surface area contributed by atoms with Gasteiger partial charge in [0.1, 0.15) is 11.5 Å². The fourth-order valence-electron chi connectivity index (χ4n) is 3.38. The molecule has 0 bridgehead atoms. The molecule has 3 aromatic rings. The van der Waals surface area contributed by atoms with Crippen molar-refractivity contribution in [3.8, 4) is 5.75 Å². The van der Waals surface area contributed by atoms with Gasteiger partial charge in [-0.25, -0.2) is 4.98 Å². The zero-order valence-electron chi connectivity index (χ0n) is 15.9. The maximum absolute atomic E-state index is 13.0. The number of amides is 1. The molecule has 1 aliphatic rings. The molecule has 152 valence electrons. The summed E-state index contributed by atoms with van der Waals surface area (Å²) in [6.45, 7) is 2.34. The molecule has 1 saturated heterocycles. The van der Waals surface area contributed by atoms with E-state index in [1.165, 1.54) is 16.2 Å². The summed E-state index contributed by atoms with van der Waals surface area (Å²) in [5.41, 5.74) is 1.01. The Morgan fingerprint density at radius 1 is 1.23 bits per heavy atom. The van der Waals surface area contributed by atoms with Crippen LogP contribution < -0.4 is 9.64 Å². The first kappa shape index (κ1) is 20.1. The van der Waals surface area contributed by atoms with Crippen LogP contribution in [-0.2, 0) is 9.59 Å². The molecule has 1 amide bonds. The van der Waals surface area contributed by atoms with E-state index in [9.17, 15) is 14.7 Å². The molecule has 2 heterocycles. The van der Waals surface area contributed by atoms with E-state index in [0.29, 0.717) is 33.6 Å². The minimum Gasteiger partial charge on any atom is -0.507 e. The highest BCUT2D eigenvalue weighted by molar-refractivity contribution is 7.14. The van der Waals surface area contributed by atoms with E-state index < -0.39 is 17.7 Å². The minimum absolute atomic E-state index is 0.00818. The predicted octanol–water partition coefficient (Wildman–Crippen LogP) is 4.82. The molecule has 1 fully saturated rings. The van der Waals surface area contributed by atoms with Gasteiger partial charge in [0, 0.05) is 22.2 Å². The van der Waals surface area contributed by atoms with Crippen molar-refractivity contribution >= 4 is 45.5 Å². The van der Waals surface area contributed by atoms with E-state index in [4.69, 9.17) is 16.3 Å². The van der Waals surface area contributed by atoms with Crippen molar-refractivity contribution in [1.29, 1.82) is 0 Å². The zero-order valence-corrected chi connectivity index (χ0v) is 17.5. The third-order valence-electron chi connectivity index (χ3n) is 4.67. The van der Waals surface area contributed by atoms with Crippen molar-refractivity contribution in [2.45, 2.75) is 13.0 Å². The number of nitrogens with zero attached hydrogens (tertiary/aromatic N) is 2. The molecule has 1 N–H and O–H groups in total. The van der Waals surface area contributed by atoms with Crippen molar-refractivity contribution in [1.82, 2.24) is 4.98 Å². The van der Waals surface area contributed by atoms with Crippen LogP contribution in [0.1, 0.15) is 24.1 Å². The van der Waals surface area contributed by atoms with E-state index in [2.05, 4.69) is 4.98 Å². The number of ether oxygens (including phenoxy) is 1. The second-order valence-corrected chi connectivity index (χ2v) is 7.81. The van der Waals surface area contributed by atoms with Crippen molar-refractivity contribution in [3.05, 3.63) is 81.8 Å². The molecule has 1 unspecified atom stereocenters. The van der Waals surface area contributed by atoms with Gasteiger partial charge in [0.15, 0.2) is 5.13 Å². The number of halogens is 1. The molecule has 30 heavy (non-hydrogen) atoms. The molecule has 2 aromatic carbocycles. The molecule has 0 spiro atoms. The Kier molecular flexibility index (Phi) is 5.57. The van der Waals surface area contributed by atoms with Crippen LogP contribution in [0.3, 0.4) is 0 Å². The number of carbonyl (C=O) groups excluding carboxylic acids is 2. The number of rotatable bonds is 5. The smallest absolute Gasteiger partial charge is 0.301 e. The highest BCUT2D eigenvalue weighted by atomic mass is 35.5. The summed E-state index contributed by atoms with van der Waals surface area (Å²) < 4.78 is 5.58. The van der Waals surface area contributed by atoms with Gasteiger partial charge in [0.05, 0.1) is 18.2 Å². The van der Waals surface area contributed by atoms with Gasteiger partial charge in [-0.2, -0.15) is 0 Å². The van der Waals surface area contributed by atoms with Gasteiger partial charge in [-0.15, -0.1) is 11.3 Å². The van der Waals surface area contributed by atoms with Crippen LogP contribution >= 0.6 is 22.9 Å². The molecule has 1 aromatic heterocycles. The number of aromatic nitrogens is 1. The number of carbonyl (C=O) groups is 2. The molecular weight excluding hydrogens is 424 g/mol. The second kappa shape index (κ2) is 8.30. The van der Waals surface area contributed by atoms with Crippen molar-refractivity contribution in [2.24, 2.45) is 0 Å². The summed E-state index contributed by atoms with van der Waals surface area (Å²) in [4.78, 5) is 31.5. The fraction of sp³-hybridized carbons (Fsp3) is 0.136. The standard InChI is InChI=1S/C22H17ClN2O4S/c1-2-29-16-5-3-4-14(12-16)18-17(19(26)13-6-8-15(23)9-7-13)20(27)21(28)25(18)22-24-10-11-30-22/h3-12,18,26H,2H2,1H3. The van der Waals surface area contributed by atoms with Crippen LogP contribution in [0.4, 0.5) is 5.13 Å². The highest BCUT2D eigenvalue weighted by Crippen LogP contribution is 2.43. The molecule has 8 heteroatoms. The largest absolute Gasteiger partial charge is 0.507 e. The van der Waals surface area contributed by atoms with Crippen molar-refractivity contribution in [3.63, 3.8) is 0 Å². The Bertz CT molecular complexity index is 1130. The normalized spacial score (nSPS) is 18.1. The Morgan fingerprint density at radius 2 is 2.00 bits per heavy atom. The minimum atomic E-state index is -0.841. The Hall–Kier alpha value is -3.16. The first-order chi connectivity index (χ1) is 14.5. The van der Waals surface area contributed by atoms with E-state index in [0.717, 1.165) is 0 Å². The number of hydrogen-bond donors (Lipinski definition) is 1. The van der Waals surface area contributed by atoms with Gasteiger partial charge < -0.3 is 9.84 Å². The van der Waals surface area contributed by atoms with Gasteiger partial charge >= 0.3 is 5.91 Å². The number of thiazole rings is 1. The van der Waals surface area contributed by atoms with Gasteiger partial charge in [-0.3, -0.25) is 14.5 Å². The highest BCUT2D eigenvalue weighted by Gasteiger charge is 2.48. The van der Waals surface area contributed by atoms with E-state index in [1.807, 2.05) is 6.92 Å². The van der Waals surface area contributed by atoms with Crippen LogP contribution in [0.5, 0.6) is 5.75 Å². The lowest BCUT2D eigenvalue weighted by Gasteiger charge is -2.23. The molecule has 1 atom stereocenters. The third kappa shape index (κ3) is 3.58. The maximum atomic E-state index is 13.0. The number of benzene rings is 2. The first-order valence-corrected chi connectivity index (χ1v) is 10.5. The molecular formula is C22H17ClN2O4S. The van der Waals surface area contributed by atoms with Crippen molar-refractivity contribution in [2.75, 3.05) is 11.5 Å². The average molecular weight is 441 g/mol. The van der Waals surface area contributed by atoms with Crippen LogP contribution in [0.15, 0.2) is 65.7 Å². The van der Waals surface area contributed by atoms with E-state index >= 15 is 0 Å². The molecule has 6 nitrogen and oxygen atoms in total. The topological polar surface area (TPSA) is 79.7 Å². The quantitative estimate of drug-likeness (QED) is 0.349. The molecule has 0 aliphatic carbocycles. The lowest BCUT2D eigenvalue weighted by molar-refractivity contribution is -0.132. The number of Topliss-reactive ketones (excluding diaryl/α,β-unsaturated/α-hetero) is 1. The number of aliphatic hydroxyl groups excluding tert-OH is 1. The number of ketones is 1. The summed E-state index contributed by atoms with van der Waals surface area (Å²) in [6, 6.07) is 12.7. The monoisotopic (exact) mass is 440 g/mol. The molecule has 0 saturated carbocycles. The van der Waals surface area contributed by atoms with E-state index in [-0.39, 0.29) is 11.3 Å². The SMILES string of the molecule is CCOc1cccc(C2C(=C(O)c3ccc(Cl)cc3)C(=O)C(=O)N2c2nccs2)c1. The summed E-state index contributed by atoms with van der Waals surface area (Å²) in [6.07, 6.45) is 1.56. The van der Waals surface area contributed by atoms with Crippen LogP contribution in [0.2, 0.25) is 5.02 Å². The van der Waals surface area contributed by atoms with Crippen molar-refractivity contribution < 1.29 is 19.4 Å². The number of aliphatic hydroxyl groups is 1.